The molecular weight excluding hydrogens is 194 g/mol. The average Bonchev–Trinajstić information content (AvgIpc) is 2.33. The van der Waals surface area contributed by atoms with E-state index in [2.05, 4.69) is 52.0 Å². The fourth-order valence-electron chi connectivity index (χ4n) is 2.29. The van der Waals surface area contributed by atoms with Gasteiger partial charge in [0.25, 0.3) is 0 Å². The molecule has 1 aromatic carbocycles. The number of benzene rings is 1. The standard InChI is InChI=1S/C15H25N/c1-5-15(6-2,11-16)14-9-7-13(8-10-14)12(3)4/h7-10,12H,5-6,11,16H2,1-4H3. The number of hydrogen-bond acceptors (Lipinski definition) is 1. The van der Waals surface area contributed by atoms with Gasteiger partial charge in [-0.3, -0.25) is 0 Å². The van der Waals surface area contributed by atoms with Crippen LogP contribution in [0.25, 0.3) is 0 Å². The first-order valence-electron chi connectivity index (χ1n) is 6.40. The van der Waals surface area contributed by atoms with Crippen LogP contribution in [0.2, 0.25) is 0 Å². The molecule has 16 heavy (non-hydrogen) atoms. The van der Waals surface area contributed by atoms with E-state index in [-0.39, 0.29) is 5.41 Å². The van der Waals surface area contributed by atoms with Crippen molar-refractivity contribution in [2.24, 2.45) is 5.73 Å². The fourth-order valence-corrected chi connectivity index (χ4v) is 2.29. The normalized spacial score (nSPS) is 12.1. The van der Waals surface area contributed by atoms with Gasteiger partial charge >= 0.3 is 0 Å². The maximum atomic E-state index is 5.96. The van der Waals surface area contributed by atoms with E-state index in [1.54, 1.807) is 0 Å². The summed E-state index contributed by atoms with van der Waals surface area (Å²) in [6.45, 7) is 9.65. The summed E-state index contributed by atoms with van der Waals surface area (Å²) in [6.07, 6.45) is 2.22. The van der Waals surface area contributed by atoms with Crippen LogP contribution in [0.5, 0.6) is 0 Å². The molecule has 1 nitrogen and oxygen atoms in total. The molecule has 0 spiro atoms. The second-order valence-corrected chi connectivity index (χ2v) is 4.97. The Morgan fingerprint density at radius 2 is 1.56 bits per heavy atom. The molecule has 1 aromatic rings. The minimum atomic E-state index is 0.176. The lowest BCUT2D eigenvalue weighted by molar-refractivity contribution is 0.407. The highest BCUT2D eigenvalue weighted by molar-refractivity contribution is 5.30. The van der Waals surface area contributed by atoms with Crippen molar-refractivity contribution < 1.29 is 0 Å². The predicted octanol–water partition coefficient (Wildman–Crippen LogP) is 3.83. The van der Waals surface area contributed by atoms with Crippen LogP contribution in [-0.2, 0) is 5.41 Å². The summed E-state index contributed by atoms with van der Waals surface area (Å²) in [4.78, 5) is 0. The van der Waals surface area contributed by atoms with Crippen LogP contribution in [0.1, 0.15) is 57.6 Å². The molecule has 0 fully saturated rings. The van der Waals surface area contributed by atoms with E-state index in [0.717, 1.165) is 19.4 Å². The van der Waals surface area contributed by atoms with Gasteiger partial charge in [0.2, 0.25) is 0 Å². The maximum absolute atomic E-state index is 5.96. The lowest BCUT2D eigenvalue weighted by Crippen LogP contribution is -2.33. The molecule has 0 radical (unpaired) electrons. The zero-order valence-electron chi connectivity index (χ0n) is 11.1. The third-order valence-corrected chi connectivity index (χ3v) is 3.93. The van der Waals surface area contributed by atoms with E-state index in [1.807, 2.05) is 0 Å². The molecule has 0 unspecified atom stereocenters. The Kier molecular flexibility index (Phi) is 4.55. The van der Waals surface area contributed by atoms with Gasteiger partial charge in [0.15, 0.2) is 0 Å². The van der Waals surface area contributed by atoms with Gasteiger partial charge in [-0.05, 0) is 29.9 Å². The first kappa shape index (κ1) is 13.2. The Morgan fingerprint density at radius 1 is 1.06 bits per heavy atom. The van der Waals surface area contributed by atoms with Crippen molar-refractivity contribution in [2.45, 2.75) is 51.9 Å². The highest BCUT2D eigenvalue weighted by atomic mass is 14.6. The molecular formula is C15H25N. The second kappa shape index (κ2) is 5.49. The first-order chi connectivity index (χ1) is 7.59. The monoisotopic (exact) mass is 219 g/mol. The van der Waals surface area contributed by atoms with Gasteiger partial charge in [-0.2, -0.15) is 0 Å². The lowest BCUT2D eigenvalue weighted by atomic mass is 9.75. The zero-order chi connectivity index (χ0) is 12.2. The van der Waals surface area contributed by atoms with Gasteiger partial charge in [-0.15, -0.1) is 0 Å². The van der Waals surface area contributed by atoms with Crippen LogP contribution >= 0.6 is 0 Å². The van der Waals surface area contributed by atoms with Crippen molar-refractivity contribution in [2.75, 3.05) is 6.54 Å². The van der Waals surface area contributed by atoms with Gasteiger partial charge in [0, 0.05) is 12.0 Å². The molecule has 0 aliphatic heterocycles. The summed E-state index contributed by atoms with van der Waals surface area (Å²) in [7, 11) is 0. The highest BCUT2D eigenvalue weighted by Crippen LogP contribution is 2.31. The Balaban J connectivity index is 3.03. The number of nitrogens with two attached hydrogens (primary N) is 1. The molecule has 2 N–H and O–H groups in total. The van der Waals surface area contributed by atoms with Gasteiger partial charge in [-0.1, -0.05) is 52.0 Å². The first-order valence-corrected chi connectivity index (χ1v) is 6.40. The second-order valence-electron chi connectivity index (χ2n) is 4.97. The van der Waals surface area contributed by atoms with Gasteiger partial charge in [0.05, 0.1) is 0 Å². The van der Waals surface area contributed by atoms with Crippen molar-refractivity contribution in [3.05, 3.63) is 35.4 Å². The van der Waals surface area contributed by atoms with Crippen molar-refractivity contribution in [3.8, 4) is 0 Å². The van der Waals surface area contributed by atoms with Crippen LogP contribution in [0.15, 0.2) is 24.3 Å². The van der Waals surface area contributed by atoms with Crippen molar-refractivity contribution in [3.63, 3.8) is 0 Å². The lowest BCUT2D eigenvalue weighted by Gasteiger charge is -2.31. The van der Waals surface area contributed by atoms with Crippen molar-refractivity contribution in [1.29, 1.82) is 0 Å². The molecule has 0 heterocycles. The quantitative estimate of drug-likeness (QED) is 0.800. The van der Waals surface area contributed by atoms with Gasteiger partial charge in [-0.25, -0.2) is 0 Å². The third kappa shape index (κ3) is 2.46. The minimum Gasteiger partial charge on any atom is -0.330 e. The predicted molar refractivity (Wildman–Crippen MR) is 71.8 cm³/mol. The Morgan fingerprint density at radius 3 is 1.88 bits per heavy atom. The minimum absolute atomic E-state index is 0.176. The smallest absolute Gasteiger partial charge is 0.00703 e. The molecule has 0 aliphatic carbocycles. The average molecular weight is 219 g/mol. The van der Waals surface area contributed by atoms with E-state index in [0.29, 0.717) is 5.92 Å². The zero-order valence-corrected chi connectivity index (χ0v) is 11.1. The number of hydrogen-bond donors (Lipinski definition) is 1. The van der Waals surface area contributed by atoms with Crippen LogP contribution in [0, 0.1) is 0 Å². The summed E-state index contributed by atoms with van der Waals surface area (Å²) in [5.74, 6) is 0.601. The van der Waals surface area contributed by atoms with Crippen LogP contribution < -0.4 is 5.73 Å². The molecule has 1 heteroatoms. The van der Waals surface area contributed by atoms with Gasteiger partial charge in [0.1, 0.15) is 0 Å². The van der Waals surface area contributed by atoms with Crippen molar-refractivity contribution >= 4 is 0 Å². The van der Waals surface area contributed by atoms with Crippen LogP contribution in [0.3, 0.4) is 0 Å². The summed E-state index contributed by atoms with van der Waals surface area (Å²) < 4.78 is 0. The summed E-state index contributed by atoms with van der Waals surface area (Å²) in [5, 5.41) is 0. The highest BCUT2D eigenvalue weighted by Gasteiger charge is 2.26. The van der Waals surface area contributed by atoms with E-state index >= 15 is 0 Å². The molecule has 0 aliphatic rings. The van der Waals surface area contributed by atoms with Crippen molar-refractivity contribution in [1.82, 2.24) is 0 Å². The van der Waals surface area contributed by atoms with Crippen LogP contribution in [-0.4, -0.2) is 6.54 Å². The molecule has 1 rings (SSSR count). The molecule has 0 saturated carbocycles. The van der Waals surface area contributed by atoms with Crippen LogP contribution in [0.4, 0.5) is 0 Å². The molecule has 0 aromatic heterocycles. The summed E-state index contributed by atoms with van der Waals surface area (Å²) in [6, 6.07) is 9.01. The van der Waals surface area contributed by atoms with E-state index in [9.17, 15) is 0 Å². The Bertz CT molecular complexity index is 298. The summed E-state index contributed by atoms with van der Waals surface area (Å²) in [5.41, 5.74) is 8.93. The summed E-state index contributed by atoms with van der Waals surface area (Å²) >= 11 is 0. The van der Waals surface area contributed by atoms with E-state index in [4.69, 9.17) is 5.73 Å². The van der Waals surface area contributed by atoms with E-state index < -0.39 is 0 Å². The Hall–Kier alpha value is -0.820. The largest absolute Gasteiger partial charge is 0.330 e. The molecule has 0 bridgehead atoms. The third-order valence-electron chi connectivity index (χ3n) is 3.93. The molecule has 0 amide bonds. The Labute approximate surface area is 100 Å². The SMILES string of the molecule is CCC(CC)(CN)c1ccc(C(C)C)cc1. The maximum Gasteiger partial charge on any atom is 0.00703 e. The topological polar surface area (TPSA) is 26.0 Å². The fraction of sp³-hybridized carbons (Fsp3) is 0.600. The van der Waals surface area contributed by atoms with Gasteiger partial charge < -0.3 is 5.73 Å². The number of rotatable bonds is 5. The van der Waals surface area contributed by atoms with E-state index in [1.165, 1.54) is 11.1 Å². The molecule has 90 valence electrons. The molecule has 0 atom stereocenters. The molecule has 0 saturated heterocycles.